The Morgan fingerprint density at radius 2 is 2.26 bits per heavy atom. The van der Waals surface area contributed by atoms with Gasteiger partial charge in [-0.2, -0.15) is 4.98 Å². The fourth-order valence-corrected chi connectivity index (χ4v) is 3.36. The highest BCUT2D eigenvalue weighted by Gasteiger charge is 2.30. The van der Waals surface area contributed by atoms with Crippen molar-refractivity contribution < 1.29 is 9.63 Å². The van der Waals surface area contributed by atoms with Gasteiger partial charge in [-0.1, -0.05) is 31.3 Å². The van der Waals surface area contributed by atoms with E-state index in [0.717, 1.165) is 11.7 Å². The third-order valence-corrected chi connectivity index (χ3v) is 4.59. The number of nitrogens with zero attached hydrogens (tertiary/aromatic N) is 2. The maximum atomic E-state index is 9.53. The molecule has 1 aromatic rings. The second kappa shape index (κ2) is 5.59. The lowest BCUT2D eigenvalue weighted by atomic mass is 9.80. The number of rotatable bonds is 3. The highest BCUT2D eigenvalue weighted by atomic mass is 16.5. The first-order chi connectivity index (χ1) is 9.26. The molecule has 1 saturated heterocycles. The summed E-state index contributed by atoms with van der Waals surface area (Å²) in [5, 5.41) is 16.9. The van der Waals surface area contributed by atoms with Crippen LogP contribution in [0.4, 0.5) is 0 Å². The molecule has 2 unspecified atom stereocenters. The Hall–Kier alpha value is -0.940. The summed E-state index contributed by atoms with van der Waals surface area (Å²) in [7, 11) is 0. The lowest BCUT2D eigenvalue weighted by Crippen LogP contribution is -2.16. The monoisotopic (exact) mass is 265 g/mol. The van der Waals surface area contributed by atoms with E-state index in [9.17, 15) is 5.11 Å². The molecule has 2 N–H and O–H groups in total. The van der Waals surface area contributed by atoms with Gasteiger partial charge in [0, 0.05) is 12.5 Å². The van der Waals surface area contributed by atoms with Crippen molar-refractivity contribution >= 4 is 0 Å². The smallest absolute Gasteiger partial charge is 0.243 e. The van der Waals surface area contributed by atoms with Crippen molar-refractivity contribution in [3.63, 3.8) is 0 Å². The zero-order valence-electron chi connectivity index (χ0n) is 11.5. The lowest BCUT2D eigenvalue weighted by Gasteiger charge is -2.26. The zero-order chi connectivity index (χ0) is 13.2. The molecule has 0 aromatic carbocycles. The van der Waals surface area contributed by atoms with Crippen molar-refractivity contribution in [2.45, 2.75) is 63.5 Å². The van der Waals surface area contributed by atoms with Gasteiger partial charge in [0.15, 0.2) is 5.82 Å². The summed E-state index contributed by atoms with van der Waals surface area (Å²) < 4.78 is 5.38. The third kappa shape index (κ3) is 2.82. The number of hydrogen-bond acceptors (Lipinski definition) is 5. The van der Waals surface area contributed by atoms with E-state index in [4.69, 9.17) is 4.52 Å². The van der Waals surface area contributed by atoms with Crippen LogP contribution in [0.3, 0.4) is 0 Å². The van der Waals surface area contributed by atoms with Crippen molar-refractivity contribution in [2.24, 2.45) is 5.92 Å². The Labute approximate surface area is 113 Å². The molecule has 4 atom stereocenters. The number of aliphatic hydroxyl groups excluding tert-OH is 1. The van der Waals surface area contributed by atoms with Crippen LogP contribution in [-0.4, -0.2) is 27.9 Å². The van der Waals surface area contributed by atoms with Crippen LogP contribution in [-0.2, 0) is 0 Å². The normalized spacial score (nSPS) is 35.7. The van der Waals surface area contributed by atoms with Gasteiger partial charge in [0.2, 0.25) is 5.89 Å². The molecule has 0 amide bonds. The van der Waals surface area contributed by atoms with E-state index in [1.807, 2.05) is 0 Å². The van der Waals surface area contributed by atoms with Gasteiger partial charge in [-0.25, -0.2) is 0 Å². The van der Waals surface area contributed by atoms with E-state index in [1.54, 1.807) is 0 Å². The molecule has 106 valence electrons. The summed E-state index contributed by atoms with van der Waals surface area (Å²) in [4.78, 5) is 4.57. The van der Waals surface area contributed by atoms with Crippen molar-refractivity contribution in [2.75, 3.05) is 6.54 Å². The highest BCUT2D eigenvalue weighted by molar-refractivity contribution is 5.02. The van der Waals surface area contributed by atoms with Crippen LogP contribution < -0.4 is 5.32 Å². The van der Waals surface area contributed by atoms with Crippen LogP contribution in [0, 0.1) is 5.92 Å². The number of aliphatic hydroxyl groups is 1. The molecule has 5 nitrogen and oxygen atoms in total. The van der Waals surface area contributed by atoms with E-state index in [2.05, 4.69) is 22.4 Å². The van der Waals surface area contributed by atoms with Gasteiger partial charge >= 0.3 is 0 Å². The molecular weight excluding hydrogens is 242 g/mol. The molecule has 5 heteroatoms. The standard InChI is InChI=1S/C14H23N3O2/c1-2-9-4-3-5-10(6-9)13-16-14(19-17-13)12-7-11(18)8-15-12/h9-12,15,18H,2-8H2,1H3/t9?,10?,11-,12+/m0/s1. The summed E-state index contributed by atoms with van der Waals surface area (Å²) >= 11 is 0. The molecule has 1 aliphatic heterocycles. The number of aromatic nitrogens is 2. The quantitative estimate of drug-likeness (QED) is 0.876. The molecule has 1 aliphatic carbocycles. The summed E-state index contributed by atoms with van der Waals surface area (Å²) in [5.74, 6) is 2.79. The van der Waals surface area contributed by atoms with Gasteiger partial charge in [-0.3, -0.25) is 0 Å². The summed E-state index contributed by atoms with van der Waals surface area (Å²) in [5.41, 5.74) is 0. The van der Waals surface area contributed by atoms with Crippen LogP contribution in [0.5, 0.6) is 0 Å². The molecular formula is C14H23N3O2. The predicted octanol–water partition coefficient (Wildman–Crippen LogP) is 2.15. The average Bonchev–Trinajstić information content (AvgIpc) is 3.07. The van der Waals surface area contributed by atoms with Gasteiger partial charge < -0.3 is 14.9 Å². The largest absolute Gasteiger partial charge is 0.392 e. The Morgan fingerprint density at radius 3 is 3.00 bits per heavy atom. The molecule has 0 bridgehead atoms. The Bertz CT molecular complexity index is 421. The van der Waals surface area contributed by atoms with Crippen molar-refractivity contribution in [3.8, 4) is 0 Å². The third-order valence-electron chi connectivity index (χ3n) is 4.59. The second-order valence-electron chi connectivity index (χ2n) is 5.98. The number of nitrogens with one attached hydrogen (secondary N) is 1. The Kier molecular flexibility index (Phi) is 3.84. The molecule has 19 heavy (non-hydrogen) atoms. The first-order valence-corrected chi connectivity index (χ1v) is 7.51. The van der Waals surface area contributed by atoms with Gasteiger partial charge in [0.05, 0.1) is 12.1 Å². The minimum absolute atomic E-state index is 0.0295. The Morgan fingerprint density at radius 1 is 1.37 bits per heavy atom. The predicted molar refractivity (Wildman–Crippen MR) is 70.7 cm³/mol. The molecule has 3 rings (SSSR count). The lowest BCUT2D eigenvalue weighted by molar-refractivity contribution is 0.191. The summed E-state index contributed by atoms with van der Waals surface area (Å²) in [6, 6.07) is 0.0295. The summed E-state index contributed by atoms with van der Waals surface area (Å²) in [6.45, 7) is 2.88. The van der Waals surface area contributed by atoms with Gasteiger partial charge in [-0.05, 0) is 25.2 Å². The van der Waals surface area contributed by atoms with Crippen LogP contribution in [0.25, 0.3) is 0 Å². The minimum atomic E-state index is -0.292. The molecule has 0 radical (unpaired) electrons. The molecule has 2 aliphatic rings. The number of hydrogen-bond donors (Lipinski definition) is 2. The molecule has 2 fully saturated rings. The molecule has 1 aromatic heterocycles. The average molecular weight is 265 g/mol. The SMILES string of the molecule is CCC1CCCC(c2noc([C@H]3C[C@H](O)CN3)n2)C1. The van der Waals surface area contributed by atoms with E-state index < -0.39 is 0 Å². The second-order valence-corrected chi connectivity index (χ2v) is 5.98. The first-order valence-electron chi connectivity index (χ1n) is 7.51. The van der Waals surface area contributed by atoms with Crippen LogP contribution in [0.15, 0.2) is 4.52 Å². The van der Waals surface area contributed by atoms with Crippen LogP contribution in [0.2, 0.25) is 0 Å². The van der Waals surface area contributed by atoms with Gasteiger partial charge in [-0.15, -0.1) is 0 Å². The summed E-state index contributed by atoms with van der Waals surface area (Å²) in [6.07, 6.45) is 6.61. The van der Waals surface area contributed by atoms with E-state index >= 15 is 0 Å². The fraction of sp³-hybridized carbons (Fsp3) is 0.857. The van der Waals surface area contributed by atoms with Crippen molar-refractivity contribution in [1.29, 1.82) is 0 Å². The highest BCUT2D eigenvalue weighted by Crippen LogP contribution is 2.36. The maximum Gasteiger partial charge on any atom is 0.243 e. The molecule has 0 spiro atoms. The molecule has 1 saturated carbocycles. The molecule has 2 heterocycles. The van der Waals surface area contributed by atoms with E-state index in [-0.39, 0.29) is 12.1 Å². The van der Waals surface area contributed by atoms with Crippen molar-refractivity contribution in [1.82, 2.24) is 15.5 Å². The minimum Gasteiger partial charge on any atom is -0.392 e. The maximum absolute atomic E-state index is 9.53. The van der Waals surface area contributed by atoms with Crippen LogP contribution in [0.1, 0.15) is 69.1 Å². The zero-order valence-corrected chi connectivity index (χ0v) is 11.5. The van der Waals surface area contributed by atoms with Gasteiger partial charge in [0.1, 0.15) is 0 Å². The van der Waals surface area contributed by atoms with Gasteiger partial charge in [0.25, 0.3) is 0 Å². The van der Waals surface area contributed by atoms with E-state index in [0.29, 0.717) is 24.8 Å². The first kappa shape index (κ1) is 13.1. The fourth-order valence-electron chi connectivity index (χ4n) is 3.36. The number of β-amino-alcohol motifs (C(OH)–C–C–N with tert-alkyl or cyclic N) is 1. The van der Waals surface area contributed by atoms with E-state index in [1.165, 1.54) is 32.1 Å². The van der Waals surface area contributed by atoms with Crippen molar-refractivity contribution in [3.05, 3.63) is 11.7 Å². The van der Waals surface area contributed by atoms with Crippen LogP contribution >= 0.6 is 0 Å². The Balaban J connectivity index is 1.67. The topological polar surface area (TPSA) is 71.2 Å².